The number of benzene rings is 1. The van der Waals surface area contributed by atoms with Gasteiger partial charge in [-0.3, -0.25) is 4.68 Å². The van der Waals surface area contributed by atoms with E-state index in [0.717, 1.165) is 23.4 Å². The highest BCUT2D eigenvalue weighted by Crippen LogP contribution is 2.24. The van der Waals surface area contributed by atoms with Gasteiger partial charge in [0.2, 0.25) is 5.82 Å². The van der Waals surface area contributed by atoms with Crippen LogP contribution in [0.2, 0.25) is 0 Å². The van der Waals surface area contributed by atoms with Crippen molar-refractivity contribution < 1.29 is 4.52 Å². The number of nitrogens with two attached hydrogens (primary N) is 1. The number of aryl methyl sites for hydroxylation is 1. The maximum atomic E-state index is 5.97. The Kier molecular flexibility index (Phi) is 4.00. The molecule has 2 N–H and O–H groups in total. The van der Waals surface area contributed by atoms with E-state index in [0.29, 0.717) is 17.5 Å². The Morgan fingerprint density at radius 3 is 2.65 bits per heavy atom. The zero-order valence-corrected chi connectivity index (χ0v) is 14.6. The summed E-state index contributed by atoms with van der Waals surface area (Å²) in [6.45, 7) is 3.97. The number of nitrogen functional groups attached to an aromatic ring is 1. The lowest BCUT2D eigenvalue weighted by atomic mass is 10.2. The summed E-state index contributed by atoms with van der Waals surface area (Å²) < 4.78 is 9.00. The second-order valence-electron chi connectivity index (χ2n) is 6.04. The van der Waals surface area contributed by atoms with Crippen LogP contribution in [-0.2, 0) is 0 Å². The highest BCUT2D eigenvalue weighted by atomic mass is 16.5. The second-order valence-corrected chi connectivity index (χ2v) is 6.04. The smallest absolute Gasteiger partial charge is 0.251 e. The van der Waals surface area contributed by atoms with Crippen molar-refractivity contribution in [3.63, 3.8) is 0 Å². The average molecular weight is 349 g/mol. The van der Waals surface area contributed by atoms with Gasteiger partial charge in [-0.2, -0.15) is 15.2 Å². The molecular formula is C18H19N7O. The second kappa shape index (κ2) is 6.47. The van der Waals surface area contributed by atoms with Crippen molar-refractivity contribution in [2.45, 2.75) is 26.3 Å². The summed E-state index contributed by atoms with van der Waals surface area (Å²) in [6.07, 6.45) is 4.44. The molecule has 0 saturated heterocycles. The van der Waals surface area contributed by atoms with E-state index in [1.54, 1.807) is 10.9 Å². The van der Waals surface area contributed by atoms with Crippen LogP contribution in [0.5, 0.6) is 0 Å². The molecule has 0 bridgehead atoms. The van der Waals surface area contributed by atoms with Crippen LogP contribution in [0, 0.1) is 6.92 Å². The molecule has 4 aromatic rings. The van der Waals surface area contributed by atoms with Crippen molar-refractivity contribution >= 4 is 5.82 Å². The van der Waals surface area contributed by atoms with Gasteiger partial charge in [0.1, 0.15) is 11.9 Å². The predicted molar refractivity (Wildman–Crippen MR) is 96.7 cm³/mol. The fourth-order valence-electron chi connectivity index (χ4n) is 2.91. The molecule has 0 radical (unpaired) electrons. The van der Waals surface area contributed by atoms with E-state index in [9.17, 15) is 0 Å². The molecule has 1 atom stereocenters. The van der Waals surface area contributed by atoms with Crippen molar-refractivity contribution in [3.05, 3.63) is 60.4 Å². The maximum Gasteiger partial charge on any atom is 0.251 e. The molecule has 3 aromatic heterocycles. The Hall–Kier alpha value is -3.42. The number of rotatable bonds is 5. The van der Waals surface area contributed by atoms with Gasteiger partial charge in [0, 0.05) is 24.0 Å². The van der Waals surface area contributed by atoms with Crippen molar-refractivity contribution in [2.24, 2.45) is 0 Å². The third-order valence-electron chi connectivity index (χ3n) is 4.19. The van der Waals surface area contributed by atoms with Crippen LogP contribution >= 0.6 is 0 Å². The first-order valence-corrected chi connectivity index (χ1v) is 8.41. The lowest BCUT2D eigenvalue weighted by Gasteiger charge is -2.09. The minimum atomic E-state index is -0.0719. The van der Waals surface area contributed by atoms with E-state index in [2.05, 4.69) is 27.3 Å². The van der Waals surface area contributed by atoms with Crippen LogP contribution < -0.4 is 5.73 Å². The van der Waals surface area contributed by atoms with E-state index in [1.165, 1.54) is 0 Å². The summed E-state index contributed by atoms with van der Waals surface area (Å²) in [5.41, 5.74) is 8.59. The van der Waals surface area contributed by atoms with Crippen LogP contribution in [0.3, 0.4) is 0 Å². The summed E-state index contributed by atoms with van der Waals surface area (Å²) >= 11 is 0. The first kappa shape index (κ1) is 16.1. The maximum absolute atomic E-state index is 5.97. The van der Waals surface area contributed by atoms with Gasteiger partial charge < -0.3 is 10.3 Å². The molecule has 4 rings (SSSR count). The van der Waals surface area contributed by atoms with Gasteiger partial charge in [0.25, 0.3) is 5.89 Å². The topological polar surface area (TPSA) is 101 Å². The zero-order valence-electron chi connectivity index (χ0n) is 14.6. The lowest BCUT2D eigenvalue weighted by Crippen LogP contribution is -2.10. The number of anilines is 1. The average Bonchev–Trinajstić information content (AvgIpc) is 3.38. The molecule has 0 aliphatic carbocycles. The summed E-state index contributed by atoms with van der Waals surface area (Å²) in [7, 11) is 0. The molecule has 1 aromatic carbocycles. The van der Waals surface area contributed by atoms with Gasteiger partial charge >= 0.3 is 0 Å². The Labute approximate surface area is 150 Å². The lowest BCUT2D eigenvalue weighted by molar-refractivity contribution is 0.321. The molecule has 0 amide bonds. The molecule has 132 valence electrons. The monoisotopic (exact) mass is 349 g/mol. The minimum absolute atomic E-state index is 0.0719. The fraction of sp³-hybridized carbons (Fsp3) is 0.222. The molecule has 26 heavy (non-hydrogen) atoms. The molecular weight excluding hydrogens is 330 g/mol. The van der Waals surface area contributed by atoms with Gasteiger partial charge in [-0.25, -0.2) is 4.68 Å². The van der Waals surface area contributed by atoms with Gasteiger partial charge in [-0.05, 0) is 43.7 Å². The van der Waals surface area contributed by atoms with Crippen LogP contribution in [-0.4, -0.2) is 29.7 Å². The van der Waals surface area contributed by atoms with Crippen molar-refractivity contribution in [3.8, 4) is 17.1 Å². The van der Waals surface area contributed by atoms with Crippen molar-refractivity contribution in [1.82, 2.24) is 29.7 Å². The van der Waals surface area contributed by atoms with Gasteiger partial charge in [0.05, 0.1) is 11.4 Å². The molecule has 8 heteroatoms. The van der Waals surface area contributed by atoms with Gasteiger partial charge in [0.15, 0.2) is 0 Å². The summed E-state index contributed by atoms with van der Waals surface area (Å²) in [6, 6.07) is 11.3. The first-order valence-electron chi connectivity index (χ1n) is 8.41. The minimum Gasteiger partial charge on any atom is -0.384 e. The fourth-order valence-corrected chi connectivity index (χ4v) is 2.91. The Bertz CT molecular complexity index is 999. The third-order valence-corrected chi connectivity index (χ3v) is 4.19. The molecule has 0 saturated carbocycles. The quantitative estimate of drug-likeness (QED) is 0.594. The molecule has 0 aliphatic heterocycles. The van der Waals surface area contributed by atoms with E-state index in [-0.39, 0.29) is 6.04 Å². The Balaban J connectivity index is 1.61. The highest BCUT2D eigenvalue weighted by Gasteiger charge is 2.20. The van der Waals surface area contributed by atoms with Gasteiger partial charge in [-0.1, -0.05) is 12.1 Å². The zero-order chi connectivity index (χ0) is 18.1. The highest BCUT2D eigenvalue weighted by molar-refractivity contribution is 5.57. The van der Waals surface area contributed by atoms with E-state index >= 15 is 0 Å². The standard InChI is InChI=1S/C18H19N7O/c1-3-15(24-10-4-9-20-24)18-21-17(23-26-18)13-5-7-14(8-6-13)25-16(19)11-12(2)22-25/h4-11,15H,3,19H2,1-2H3/t15-/m0/s1. The van der Waals surface area contributed by atoms with E-state index in [1.807, 2.05) is 54.2 Å². The Morgan fingerprint density at radius 1 is 1.23 bits per heavy atom. The van der Waals surface area contributed by atoms with Crippen LogP contribution in [0.4, 0.5) is 5.82 Å². The summed E-state index contributed by atoms with van der Waals surface area (Å²) in [5.74, 6) is 1.69. The van der Waals surface area contributed by atoms with E-state index < -0.39 is 0 Å². The van der Waals surface area contributed by atoms with Crippen LogP contribution in [0.1, 0.15) is 31.0 Å². The SMILES string of the molecule is CC[C@@H](c1nc(-c2ccc(-n3nc(C)cc3N)cc2)no1)n1cccn1. The summed E-state index contributed by atoms with van der Waals surface area (Å²) in [4.78, 5) is 4.55. The molecule has 8 nitrogen and oxygen atoms in total. The number of hydrogen-bond acceptors (Lipinski definition) is 6. The van der Waals surface area contributed by atoms with Crippen LogP contribution in [0.15, 0.2) is 53.3 Å². The predicted octanol–water partition coefficient (Wildman–Crippen LogP) is 3.01. The molecule has 0 spiro atoms. The molecule has 0 aliphatic rings. The molecule has 0 fully saturated rings. The van der Waals surface area contributed by atoms with E-state index in [4.69, 9.17) is 10.3 Å². The normalized spacial score (nSPS) is 12.4. The van der Waals surface area contributed by atoms with Crippen LogP contribution in [0.25, 0.3) is 17.1 Å². The van der Waals surface area contributed by atoms with Crippen molar-refractivity contribution in [1.29, 1.82) is 0 Å². The molecule has 0 unspecified atom stereocenters. The third kappa shape index (κ3) is 2.85. The Morgan fingerprint density at radius 2 is 2.04 bits per heavy atom. The first-order chi connectivity index (χ1) is 12.7. The number of aromatic nitrogens is 6. The number of nitrogens with zero attached hydrogens (tertiary/aromatic N) is 6. The van der Waals surface area contributed by atoms with Gasteiger partial charge in [-0.15, -0.1) is 0 Å². The van der Waals surface area contributed by atoms with Crippen molar-refractivity contribution in [2.75, 3.05) is 5.73 Å². The largest absolute Gasteiger partial charge is 0.384 e. The summed E-state index contributed by atoms with van der Waals surface area (Å²) in [5, 5.41) is 12.8. The number of hydrogen-bond donors (Lipinski definition) is 1. The molecule has 3 heterocycles.